The zero-order chi connectivity index (χ0) is 12.3. The molecular weight excluding hydrogens is 226 g/mol. The molecule has 0 spiro atoms. The lowest BCUT2D eigenvalue weighted by atomic mass is 10.0. The van der Waals surface area contributed by atoms with Gasteiger partial charge in [-0.3, -0.25) is 4.55 Å². The predicted octanol–water partition coefficient (Wildman–Crippen LogP) is 2.24. The third-order valence-corrected chi connectivity index (χ3v) is 3.51. The predicted molar refractivity (Wildman–Crippen MR) is 64.6 cm³/mol. The first-order valence-corrected chi connectivity index (χ1v) is 6.62. The number of hydrogen-bond donors (Lipinski definition) is 2. The number of hydrogen-bond acceptors (Lipinski definition) is 3. The van der Waals surface area contributed by atoms with Crippen LogP contribution in [0.5, 0.6) is 0 Å². The van der Waals surface area contributed by atoms with Crippen LogP contribution in [0.1, 0.15) is 31.1 Å². The van der Waals surface area contributed by atoms with Crippen molar-refractivity contribution in [3.63, 3.8) is 0 Å². The second-order valence-electron chi connectivity index (χ2n) is 4.30. The van der Waals surface area contributed by atoms with E-state index in [4.69, 9.17) is 5.73 Å². The van der Waals surface area contributed by atoms with E-state index < -0.39 is 15.4 Å². The second kappa shape index (κ2) is 4.84. The summed E-state index contributed by atoms with van der Waals surface area (Å²) >= 11 is 0. The molecule has 0 radical (unpaired) electrons. The highest BCUT2D eigenvalue weighted by atomic mass is 32.2. The van der Waals surface area contributed by atoms with Crippen molar-refractivity contribution in [3.8, 4) is 0 Å². The Kier molecular flexibility index (Phi) is 3.93. The SMILES string of the molecule is CC(C)CC(c1cccc(N)c1)S(=O)(=O)O. The molecule has 0 aliphatic carbocycles. The highest BCUT2D eigenvalue weighted by molar-refractivity contribution is 7.86. The van der Waals surface area contributed by atoms with Crippen LogP contribution in [-0.4, -0.2) is 13.0 Å². The van der Waals surface area contributed by atoms with Crippen molar-refractivity contribution in [2.75, 3.05) is 5.73 Å². The molecule has 3 N–H and O–H groups in total. The van der Waals surface area contributed by atoms with E-state index in [1.165, 1.54) is 0 Å². The molecule has 1 atom stereocenters. The summed E-state index contributed by atoms with van der Waals surface area (Å²) in [6.45, 7) is 3.81. The van der Waals surface area contributed by atoms with Crippen molar-refractivity contribution in [2.24, 2.45) is 5.92 Å². The highest BCUT2D eigenvalue weighted by Crippen LogP contribution is 2.29. The number of nitrogen functional groups attached to an aromatic ring is 1. The summed E-state index contributed by atoms with van der Waals surface area (Å²) in [5, 5.41) is -0.893. The van der Waals surface area contributed by atoms with Crippen molar-refractivity contribution >= 4 is 15.8 Å². The van der Waals surface area contributed by atoms with Gasteiger partial charge < -0.3 is 5.73 Å². The van der Waals surface area contributed by atoms with Crippen molar-refractivity contribution < 1.29 is 13.0 Å². The minimum Gasteiger partial charge on any atom is -0.399 e. The van der Waals surface area contributed by atoms with Crippen LogP contribution in [0.15, 0.2) is 24.3 Å². The van der Waals surface area contributed by atoms with Crippen molar-refractivity contribution in [1.29, 1.82) is 0 Å². The summed E-state index contributed by atoms with van der Waals surface area (Å²) in [6, 6.07) is 6.61. The Balaban J connectivity index is 3.12. The molecule has 0 heterocycles. The molecule has 90 valence electrons. The maximum absolute atomic E-state index is 11.3. The summed E-state index contributed by atoms with van der Waals surface area (Å²) in [6.07, 6.45) is 0.377. The van der Waals surface area contributed by atoms with Gasteiger partial charge in [0.25, 0.3) is 10.1 Å². The van der Waals surface area contributed by atoms with Gasteiger partial charge in [0, 0.05) is 5.69 Å². The van der Waals surface area contributed by atoms with Gasteiger partial charge in [-0.05, 0) is 30.0 Å². The Morgan fingerprint density at radius 3 is 2.44 bits per heavy atom. The average molecular weight is 243 g/mol. The van der Waals surface area contributed by atoms with Crippen LogP contribution >= 0.6 is 0 Å². The maximum Gasteiger partial charge on any atom is 0.272 e. The first-order valence-electron chi connectivity index (χ1n) is 5.12. The second-order valence-corrected chi connectivity index (χ2v) is 5.90. The topological polar surface area (TPSA) is 80.4 Å². The maximum atomic E-state index is 11.3. The zero-order valence-electron chi connectivity index (χ0n) is 9.42. The summed E-state index contributed by atoms with van der Waals surface area (Å²) < 4.78 is 31.8. The van der Waals surface area contributed by atoms with E-state index in [9.17, 15) is 13.0 Å². The summed E-state index contributed by atoms with van der Waals surface area (Å²) in [4.78, 5) is 0. The summed E-state index contributed by atoms with van der Waals surface area (Å²) in [7, 11) is -4.09. The van der Waals surface area contributed by atoms with Crippen LogP contribution in [0, 0.1) is 5.92 Å². The molecule has 0 saturated heterocycles. The molecule has 16 heavy (non-hydrogen) atoms. The zero-order valence-corrected chi connectivity index (χ0v) is 10.2. The fourth-order valence-electron chi connectivity index (χ4n) is 1.62. The molecule has 0 aliphatic heterocycles. The molecule has 1 aromatic rings. The van der Waals surface area contributed by atoms with E-state index in [0.717, 1.165) is 0 Å². The van der Waals surface area contributed by atoms with Gasteiger partial charge in [0.2, 0.25) is 0 Å². The van der Waals surface area contributed by atoms with Crippen LogP contribution in [0.4, 0.5) is 5.69 Å². The molecular formula is C11H17NO3S. The summed E-state index contributed by atoms with van der Waals surface area (Å²) in [5.41, 5.74) is 6.63. The monoisotopic (exact) mass is 243 g/mol. The highest BCUT2D eigenvalue weighted by Gasteiger charge is 2.25. The van der Waals surface area contributed by atoms with Crippen LogP contribution in [0.2, 0.25) is 0 Å². The molecule has 0 saturated carbocycles. The Labute approximate surface area is 96.2 Å². The standard InChI is InChI=1S/C11H17NO3S/c1-8(2)6-11(16(13,14)15)9-4-3-5-10(12)7-9/h3-5,7-8,11H,6,12H2,1-2H3,(H,13,14,15). The van der Waals surface area contributed by atoms with E-state index in [-0.39, 0.29) is 5.92 Å². The van der Waals surface area contributed by atoms with Crippen molar-refractivity contribution in [3.05, 3.63) is 29.8 Å². The Morgan fingerprint density at radius 2 is 2.00 bits per heavy atom. The first kappa shape index (κ1) is 13.0. The lowest BCUT2D eigenvalue weighted by molar-refractivity contribution is 0.449. The average Bonchev–Trinajstić information content (AvgIpc) is 2.12. The van der Waals surface area contributed by atoms with Crippen molar-refractivity contribution in [2.45, 2.75) is 25.5 Å². The normalized spacial score (nSPS) is 14.0. The van der Waals surface area contributed by atoms with E-state index in [0.29, 0.717) is 17.7 Å². The molecule has 0 aliphatic rings. The molecule has 0 amide bonds. The van der Waals surface area contributed by atoms with E-state index >= 15 is 0 Å². The van der Waals surface area contributed by atoms with E-state index in [1.807, 2.05) is 13.8 Å². The summed E-state index contributed by atoms with van der Waals surface area (Å²) in [5.74, 6) is 0.174. The van der Waals surface area contributed by atoms with Crippen LogP contribution in [0.3, 0.4) is 0 Å². The third-order valence-electron chi connectivity index (χ3n) is 2.33. The Bertz CT molecular complexity index is 454. The van der Waals surface area contributed by atoms with Gasteiger partial charge in [-0.15, -0.1) is 0 Å². The molecule has 0 aromatic heterocycles. The van der Waals surface area contributed by atoms with Gasteiger partial charge in [-0.25, -0.2) is 0 Å². The molecule has 4 nitrogen and oxygen atoms in total. The number of anilines is 1. The van der Waals surface area contributed by atoms with Gasteiger partial charge in [-0.2, -0.15) is 8.42 Å². The third kappa shape index (κ3) is 3.50. The molecule has 0 fully saturated rings. The smallest absolute Gasteiger partial charge is 0.272 e. The lowest BCUT2D eigenvalue weighted by Crippen LogP contribution is -2.14. The fraction of sp³-hybridized carbons (Fsp3) is 0.455. The Hall–Kier alpha value is -1.07. The largest absolute Gasteiger partial charge is 0.399 e. The number of rotatable bonds is 4. The van der Waals surface area contributed by atoms with Crippen LogP contribution < -0.4 is 5.73 Å². The lowest BCUT2D eigenvalue weighted by Gasteiger charge is -2.16. The van der Waals surface area contributed by atoms with Crippen molar-refractivity contribution in [1.82, 2.24) is 0 Å². The van der Waals surface area contributed by atoms with E-state index in [2.05, 4.69) is 0 Å². The number of nitrogens with two attached hydrogens (primary N) is 1. The number of benzene rings is 1. The minimum atomic E-state index is -4.09. The Morgan fingerprint density at radius 1 is 1.38 bits per heavy atom. The van der Waals surface area contributed by atoms with Gasteiger partial charge in [0.1, 0.15) is 5.25 Å². The minimum absolute atomic E-state index is 0.174. The molecule has 0 bridgehead atoms. The molecule has 1 unspecified atom stereocenters. The van der Waals surface area contributed by atoms with Crippen LogP contribution in [0.25, 0.3) is 0 Å². The van der Waals surface area contributed by atoms with E-state index in [1.54, 1.807) is 24.3 Å². The van der Waals surface area contributed by atoms with Crippen LogP contribution in [-0.2, 0) is 10.1 Å². The molecule has 1 rings (SSSR count). The van der Waals surface area contributed by atoms with Gasteiger partial charge in [-0.1, -0.05) is 26.0 Å². The first-order chi connectivity index (χ1) is 7.30. The van der Waals surface area contributed by atoms with Gasteiger partial charge in [0.05, 0.1) is 0 Å². The van der Waals surface area contributed by atoms with Gasteiger partial charge in [0.15, 0.2) is 0 Å². The molecule has 1 aromatic carbocycles. The van der Waals surface area contributed by atoms with Gasteiger partial charge >= 0.3 is 0 Å². The fourth-order valence-corrected chi connectivity index (χ4v) is 2.74. The quantitative estimate of drug-likeness (QED) is 0.627. The molecule has 5 heteroatoms.